The van der Waals surface area contributed by atoms with Gasteiger partial charge in [-0.25, -0.2) is 4.98 Å². The Labute approximate surface area is 119 Å². The summed E-state index contributed by atoms with van der Waals surface area (Å²) in [5.74, 6) is 0.658. The fourth-order valence-electron chi connectivity index (χ4n) is 1.76. The average molecular weight is 324 g/mol. The van der Waals surface area contributed by atoms with Crippen LogP contribution < -0.4 is 0 Å². The van der Waals surface area contributed by atoms with Crippen molar-refractivity contribution in [1.29, 1.82) is 0 Å². The van der Waals surface area contributed by atoms with Gasteiger partial charge in [-0.1, -0.05) is 5.16 Å². The Morgan fingerprint density at radius 1 is 1.42 bits per heavy atom. The molecule has 19 heavy (non-hydrogen) atoms. The van der Waals surface area contributed by atoms with E-state index in [1.54, 1.807) is 30.3 Å². The van der Waals surface area contributed by atoms with Gasteiger partial charge in [-0.2, -0.15) is 0 Å². The summed E-state index contributed by atoms with van der Waals surface area (Å²) in [6.45, 7) is 4.18. The van der Waals surface area contributed by atoms with E-state index in [-0.39, 0.29) is 5.91 Å². The third-order valence-electron chi connectivity index (χ3n) is 2.90. The van der Waals surface area contributed by atoms with Crippen LogP contribution in [0, 0.1) is 13.8 Å². The fraction of sp³-hybridized carbons (Fsp3) is 0.308. The molecule has 0 aromatic carbocycles. The highest BCUT2D eigenvalue weighted by Gasteiger charge is 2.16. The minimum atomic E-state index is -0.0833. The zero-order valence-corrected chi connectivity index (χ0v) is 12.6. The Kier molecular flexibility index (Phi) is 3.99. The largest absolute Gasteiger partial charge is 0.361 e. The lowest BCUT2D eigenvalue weighted by Crippen LogP contribution is -2.26. The van der Waals surface area contributed by atoms with Crippen molar-refractivity contribution in [3.05, 3.63) is 45.5 Å². The molecule has 0 unspecified atom stereocenters. The summed E-state index contributed by atoms with van der Waals surface area (Å²) >= 11 is 3.24. The van der Waals surface area contributed by atoms with Crippen LogP contribution in [0.4, 0.5) is 0 Å². The summed E-state index contributed by atoms with van der Waals surface area (Å²) in [6.07, 6.45) is 1.55. The molecule has 0 radical (unpaired) electrons. The van der Waals surface area contributed by atoms with E-state index in [9.17, 15) is 4.79 Å². The van der Waals surface area contributed by atoms with Crippen molar-refractivity contribution in [1.82, 2.24) is 15.0 Å². The number of hydrogen-bond acceptors (Lipinski definition) is 4. The van der Waals surface area contributed by atoms with Crippen LogP contribution in [0.2, 0.25) is 0 Å². The number of rotatable bonds is 3. The number of aryl methyl sites for hydroxylation is 2. The van der Waals surface area contributed by atoms with Crippen LogP contribution in [-0.4, -0.2) is 28.0 Å². The molecule has 0 aliphatic carbocycles. The SMILES string of the molecule is Cc1noc(C)c1CN(C)C(=O)c1ccc(Br)nc1. The molecule has 0 spiro atoms. The average Bonchev–Trinajstić information content (AvgIpc) is 2.70. The van der Waals surface area contributed by atoms with E-state index in [0.717, 1.165) is 17.0 Å². The van der Waals surface area contributed by atoms with Gasteiger partial charge in [0.25, 0.3) is 5.91 Å². The van der Waals surface area contributed by atoms with Crippen molar-refractivity contribution in [2.24, 2.45) is 0 Å². The Bertz CT molecular complexity index is 573. The number of carbonyl (C=O) groups is 1. The van der Waals surface area contributed by atoms with E-state index in [1.807, 2.05) is 13.8 Å². The van der Waals surface area contributed by atoms with Gasteiger partial charge in [-0.3, -0.25) is 4.79 Å². The molecule has 0 atom stereocenters. The van der Waals surface area contributed by atoms with Gasteiger partial charge >= 0.3 is 0 Å². The van der Waals surface area contributed by atoms with Crippen LogP contribution in [0.5, 0.6) is 0 Å². The van der Waals surface area contributed by atoms with Gasteiger partial charge in [-0.15, -0.1) is 0 Å². The van der Waals surface area contributed by atoms with E-state index in [0.29, 0.717) is 16.7 Å². The first-order valence-corrected chi connectivity index (χ1v) is 6.57. The predicted molar refractivity (Wildman–Crippen MR) is 73.7 cm³/mol. The number of halogens is 1. The zero-order valence-electron chi connectivity index (χ0n) is 11.0. The minimum Gasteiger partial charge on any atom is -0.361 e. The zero-order chi connectivity index (χ0) is 14.0. The molecule has 6 heteroatoms. The van der Waals surface area contributed by atoms with Gasteiger partial charge in [0, 0.05) is 18.8 Å². The van der Waals surface area contributed by atoms with E-state index in [1.165, 1.54) is 0 Å². The van der Waals surface area contributed by atoms with Gasteiger partial charge < -0.3 is 9.42 Å². The van der Waals surface area contributed by atoms with Crippen molar-refractivity contribution in [3.63, 3.8) is 0 Å². The van der Waals surface area contributed by atoms with Crippen molar-refractivity contribution >= 4 is 21.8 Å². The molecule has 5 nitrogen and oxygen atoms in total. The maximum atomic E-state index is 12.2. The smallest absolute Gasteiger partial charge is 0.255 e. The van der Waals surface area contributed by atoms with E-state index < -0.39 is 0 Å². The van der Waals surface area contributed by atoms with Gasteiger partial charge in [-0.05, 0) is 41.9 Å². The summed E-state index contributed by atoms with van der Waals surface area (Å²) in [6, 6.07) is 3.49. The third kappa shape index (κ3) is 3.01. The highest BCUT2D eigenvalue weighted by molar-refractivity contribution is 9.10. The topological polar surface area (TPSA) is 59.2 Å². The van der Waals surface area contributed by atoms with Crippen molar-refractivity contribution in [2.75, 3.05) is 7.05 Å². The van der Waals surface area contributed by atoms with Crippen molar-refractivity contribution in [3.8, 4) is 0 Å². The second-order valence-electron chi connectivity index (χ2n) is 4.33. The molecule has 0 bridgehead atoms. The van der Waals surface area contributed by atoms with E-state index >= 15 is 0 Å². The first kappa shape index (κ1) is 13.7. The predicted octanol–water partition coefficient (Wildman–Crippen LogP) is 2.72. The van der Waals surface area contributed by atoms with Crippen molar-refractivity contribution < 1.29 is 9.32 Å². The van der Waals surface area contributed by atoms with E-state index in [2.05, 4.69) is 26.1 Å². The quantitative estimate of drug-likeness (QED) is 0.815. The second kappa shape index (κ2) is 5.52. The fourth-order valence-corrected chi connectivity index (χ4v) is 1.99. The van der Waals surface area contributed by atoms with Gasteiger partial charge in [0.15, 0.2) is 0 Å². The molecule has 0 aliphatic heterocycles. The van der Waals surface area contributed by atoms with Crippen LogP contribution in [-0.2, 0) is 6.54 Å². The normalized spacial score (nSPS) is 10.5. The second-order valence-corrected chi connectivity index (χ2v) is 5.15. The molecule has 0 N–H and O–H groups in total. The first-order valence-electron chi connectivity index (χ1n) is 5.78. The molecule has 100 valence electrons. The van der Waals surface area contributed by atoms with Gasteiger partial charge in [0.2, 0.25) is 0 Å². The first-order chi connectivity index (χ1) is 8.99. The molecular weight excluding hydrogens is 310 g/mol. The van der Waals surface area contributed by atoms with Crippen LogP contribution in [0.1, 0.15) is 27.4 Å². The minimum absolute atomic E-state index is 0.0833. The number of aromatic nitrogens is 2. The Morgan fingerprint density at radius 2 is 2.16 bits per heavy atom. The molecule has 0 saturated heterocycles. The van der Waals surface area contributed by atoms with Gasteiger partial charge in [0.05, 0.1) is 17.8 Å². The van der Waals surface area contributed by atoms with Crippen LogP contribution in [0.15, 0.2) is 27.5 Å². The number of nitrogens with zero attached hydrogens (tertiary/aromatic N) is 3. The standard InChI is InChI=1S/C13H14BrN3O2/c1-8-11(9(2)19-16-8)7-17(3)13(18)10-4-5-12(14)15-6-10/h4-6H,7H2,1-3H3. The molecule has 2 aromatic rings. The Hall–Kier alpha value is -1.69. The monoisotopic (exact) mass is 323 g/mol. The van der Waals surface area contributed by atoms with Crippen LogP contribution in [0.3, 0.4) is 0 Å². The van der Waals surface area contributed by atoms with Gasteiger partial charge in [0.1, 0.15) is 10.4 Å². The molecule has 2 heterocycles. The lowest BCUT2D eigenvalue weighted by Gasteiger charge is -2.16. The molecular formula is C13H14BrN3O2. The Morgan fingerprint density at radius 3 is 2.68 bits per heavy atom. The lowest BCUT2D eigenvalue weighted by atomic mass is 10.2. The molecule has 0 saturated carbocycles. The summed E-state index contributed by atoms with van der Waals surface area (Å²) in [7, 11) is 1.75. The Balaban J connectivity index is 2.14. The summed E-state index contributed by atoms with van der Waals surface area (Å²) in [4.78, 5) is 17.9. The maximum absolute atomic E-state index is 12.2. The molecule has 2 rings (SSSR count). The van der Waals surface area contributed by atoms with Crippen LogP contribution in [0.25, 0.3) is 0 Å². The highest BCUT2D eigenvalue weighted by Crippen LogP contribution is 2.16. The maximum Gasteiger partial charge on any atom is 0.255 e. The molecule has 1 amide bonds. The summed E-state index contributed by atoms with van der Waals surface area (Å²) in [5.41, 5.74) is 2.31. The lowest BCUT2D eigenvalue weighted by molar-refractivity contribution is 0.0784. The number of carbonyl (C=O) groups excluding carboxylic acids is 1. The molecule has 0 aliphatic rings. The number of pyridine rings is 1. The summed E-state index contributed by atoms with van der Waals surface area (Å²) in [5, 5.41) is 3.88. The molecule has 0 fully saturated rings. The third-order valence-corrected chi connectivity index (χ3v) is 3.37. The van der Waals surface area contributed by atoms with Crippen LogP contribution >= 0.6 is 15.9 Å². The number of amides is 1. The van der Waals surface area contributed by atoms with Crippen molar-refractivity contribution in [2.45, 2.75) is 20.4 Å². The highest BCUT2D eigenvalue weighted by atomic mass is 79.9. The summed E-state index contributed by atoms with van der Waals surface area (Å²) < 4.78 is 5.80. The van der Waals surface area contributed by atoms with E-state index in [4.69, 9.17) is 4.52 Å². The molecule has 2 aromatic heterocycles. The number of hydrogen-bond donors (Lipinski definition) is 0.